The molecule has 3 rings (SSSR count). The highest BCUT2D eigenvalue weighted by molar-refractivity contribution is 6.35. The zero-order valence-electron chi connectivity index (χ0n) is 13.4. The summed E-state index contributed by atoms with van der Waals surface area (Å²) in [5, 5.41) is 9.95. The zero-order valence-corrected chi connectivity index (χ0v) is 14.9. The van der Waals surface area contributed by atoms with Crippen molar-refractivity contribution in [3.63, 3.8) is 0 Å². The van der Waals surface area contributed by atoms with Crippen molar-refractivity contribution < 1.29 is 23.8 Å². The molecule has 0 fully saturated rings. The largest absolute Gasteiger partial charge is 0.465 e. The molecule has 2 aromatic rings. The minimum Gasteiger partial charge on any atom is -0.465 e. The van der Waals surface area contributed by atoms with Crippen molar-refractivity contribution in [3.8, 4) is 5.75 Å². The molecule has 1 aliphatic heterocycles. The van der Waals surface area contributed by atoms with Gasteiger partial charge in [0, 0.05) is 16.1 Å². The van der Waals surface area contributed by atoms with E-state index in [-0.39, 0.29) is 33.7 Å². The SMILES string of the molecule is COC(=O)C1=C(N)Oc2c(oc(CO)cc2=O)C1c1ccc(Cl)cc1Cl. The number of hydrogen-bond acceptors (Lipinski definition) is 7. The molecule has 9 heteroatoms. The Morgan fingerprint density at radius 3 is 2.69 bits per heavy atom. The first kappa shape index (κ1) is 18.3. The maximum atomic E-state index is 12.3. The van der Waals surface area contributed by atoms with E-state index in [4.69, 9.17) is 42.8 Å². The summed E-state index contributed by atoms with van der Waals surface area (Å²) in [6.07, 6.45) is 0. The molecule has 0 amide bonds. The number of fused-ring (bicyclic) bond motifs is 1. The average molecular weight is 398 g/mol. The van der Waals surface area contributed by atoms with Gasteiger partial charge in [0.05, 0.1) is 13.0 Å². The summed E-state index contributed by atoms with van der Waals surface area (Å²) >= 11 is 12.2. The van der Waals surface area contributed by atoms with Gasteiger partial charge >= 0.3 is 5.97 Å². The molecule has 0 bridgehead atoms. The monoisotopic (exact) mass is 397 g/mol. The summed E-state index contributed by atoms with van der Waals surface area (Å²) in [4.78, 5) is 24.6. The average Bonchev–Trinajstić information content (AvgIpc) is 2.61. The highest BCUT2D eigenvalue weighted by Crippen LogP contribution is 2.44. The Morgan fingerprint density at radius 2 is 2.08 bits per heavy atom. The summed E-state index contributed by atoms with van der Waals surface area (Å²) in [6.45, 7) is -0.518. The van der Waals surface area contributed by atoms with E-state index in [1.165, 1.54) is 13.2 Å². The molecule has 0 spiro atoms. The summed E-state index contributed by atoms with van der Waals surface area (Å²) in [5.41, 5.74) is 5.64. The van der Waals surface area contributed by atoms with E-state index in [2.05, 4.69) is 0 Å². The van der Waals surface area contributed by atoms with Crippen molar-refractivity contribution in [1.29, 1.82) is 0 Å². The van der Waals surface area contributed by atoms with E-state index >= 15 is 0 Å². The molecule has 0 radical (unpaired) electrons. The third-order valence-electron chi connectivity index (χ3n) is 3.84. The quantitative estimate of drug-likeness (QED) is 0.763. The van der Waals surface area contributed by atoms with Crippen LogP contribution in [0.25, 0.3) is 0 Å². The van der Waals surface area contributed by atoms with Crippen molar-refractivity contribution in [2.45, 2.75) is 12.5 Å². The number of carbonyl (C=O) groups excluding carboxylic acids is 1. The second-order valence-corrected chi connectivity index (χ2v) is 6.24. The van der Waals surface area contributed by atoms with Crippen molar-refractivity contribution in [2.24, 2.45) is 5.73 Å². The van der Waals surface area contributed by atoms with E-state index in [1.54, 1.807) is 12.1 Å². The Bertz CT molecular complexity index is 982. The van der Waals surface area contributed by atoms with Gasteiger partial charge in [0.1, 0.15) is 17.9 Å². The normalized spacial score (nSPS) is 16.1. The number of halogens is 2. The van der Waals surface area contributed by atoms with Crippen LogP contribution in [0.4, 0.5) is 0 Å². The van der Waals surface area contributed by atoms with Gasteiger partial charge < -0.3 is 24.7 Å². The van der Waals surface area contributed by atoms with E-state index in [9.17, 15) is 14.7 Å². The highest BCUT2D eigenvalue weighted by atomic mass is 35.5. The van der Waals surface area contributed by atoms with Crippen molar-refractivity contribution in [1.82, 2.24) is 0 Å². The van der Waals surface area contributed by atoms with Gasteiger partial charge in [-0.2, -0.15) is 0 Å². The van der Waals surface area contributed by atoms with Crippen LogP contribution in [-0.4, -0.2) is 18.2 Å². The number of ether oxygens (including phenoxy) is 2. The second kappa shape index (κ2) is 7.03. The van der Waals surface area contributed by atoms with Crippen molar-refractivity contribution >= 4 is 29.2 Å². The Hall–Kier alpha value is -2.48. The van der Waals surface area contributed by atoms with Gasteiger partial charge in [0.2, 0.25) is 17.1 Å². The van der Waals surface area contributed by atoms with Crippen LogP contribution in [0, 0.1) is 0 Å². The minimum absolute atomic E-state index is 0.00266. The first-order chi connectivity index (χ1) is 12.4. The lowest BCUT2D eigenvalue weighted by Gasteiger charge is -2.27. The smallest absolute Gasteiger partial charge is 0.340 e. The van der Waals surface area contributed by atoms with Gasteiger partial charge in [-0.05, 0) is 17.7 Å². The van der Waals surface area contributed by atoms with Crippen molar-refractivity contribution in [2.75, 3.05) is 7.11 Å². The number of aliphatic hydroxyl groups excluding tert-OH is 1. The Labute approximate surface area is 157 Å². The molecule has 0 aliphatic carbocycles. The fourth-order valence-electron chi connectivity index (χ4n) is 2.72. The maximum absolute atomic E-state index is 12.3. The molecule has 1 aromatic heterocycles. The number of rotatable bonds is 3. The Kier molecular flexibility index (Phi) is 4.95. The lowest BCUT2D eigenvalue weighted by atomic mass is 9.86. The molecular weight excluding hydrogens is 385 g/mol. The van der Waals surface area contributed by atoms with Gasteiger partial charge in [-0.1, -0.05) is 29.3 Å². The van der Waals surface area contributed by atoms with Gasteiger partial charge in [-0.15, -0.1) is 0 Å². The lowest BCUT2D eigenvalue weighted by Crippen LogP contribution is -2.29. The first-order valence-electron chi connectivity index (χ1n) is 7.35. The molecule has 3 N–H and O–H groups in total. The Balaban J connectivity index is 2.34. The summed E-state index contributed by atoms with van der Waals surface area (Å²) in [5.74, 6) is -2.26. The molecular formula is C17H13Cl2NO6. The topological polar surface area (TPSA) is 112 Å². The minimum atomic E-state index is -0.977. The molecule has 1 aromatic carbocycles. The summed E-state index contributed by atoms with van der Waals surface area (Å²) < 4.78 is 15.7. The maximum Gasteiger partial charge on any atom is 0.340 e. The van der Waals surface area contributed by atoms with E-state index in [0.29, 0.717) is 10.6 Å². The van der Waals surface area contributed by atoms with Crippen LogP contribution >= 0.6 is 23.2 Å². The van der Waals surface area contributed by atoms with Crippen molar-refractivity contribution in [3.05, 3.63) is 73.1 Å². The van der Waals surface area contributed by atoms with E-state index in [1.807, 2.05) is 0 Å². The number of carbonyl (C=O) groups is 1. The number of methoxy groups -OCH3 is 1. The second-order valence-electron chi connectivity index (χ2n) is 5.40. The fraction of sp³-hybridized carbons (Fsp3) is 0.176. The predicted molar refractivity (Wildman–Crippen MR) is 93.1 cm³/mol. The highest BCUT2D eigenvalue weighted by Gasteiger charge is 2.39. The number of aliphatic hydroxyl groups is 1. The number of benzene rings is 1. The predicted octanol–water partition coefficient (Wildman–Crippen LogP) is 2.31. The fourth-order valence-corrected chi connectivity index (χ4v) is 3.24. The van der Waals surface area contributed by atoms with E-state index < -0.39 is 23.9 Å². The number of esters is 1. The molecule has 1 atom stereocenters. The number of nitrogens with two attached hydrogens (primary N) is 1. The third kappa shape index (κ3) is 3.05. The molecule has 26 heavy (non-hydrogen) atoms. The molecule has 7 nitrogen and oxygen atoms in total. The van der Waals surface area contributed by atoms with E-state index in [0.717, 1.165) is 6.07 Å². The molecule has 136 valence electrons. The lowest BCUT2D eigenvalue weighted by molar-refractivity contribution is -0.136. The zero-order chi connectivity index (χ0) is 19.0. The molecule has 0 saturated heterocycles. The van der Waals surface area contributed by atoms with Crippen LogP contribution in [0.3, 0.4) is 0 Å². The standard InChI is InChI=1S/C17H13Cl2NO6/c1-24-17(23)13-12(9-3-2-7(18)4-10(9)19)15-14(26-16(13)20)11(22)5-8(6-21)25-15/h2-5,12,21H,6,20H2,1H3. The number of hydrogen-bond donors (Lipinski definition) is 2. The van der Waals surface area contributed by atoms with Crippen LogP contribution in [0.1, 0.15) is 23.0 Å². The molecule has 0 saturated carbocycles. The van der Waals surface area contributed by atoms with Gasteiger partial charge in [0.15, 0.2) is 5.76 Å². The molecule has 1 unspecified atom stereocenters. The van der Waals surface area contributed by atoms with Crippen LogP contribution in [-0.2, 0) is 16.1 Å². The summed E-state index contributed by atoms with van der Waals surface area (Å²) in [7, 11) is 1.18. The summed E-state index contributed by atoms with van der Waals surface area (Å²) in [6, 6.07) is 5.70. The van der Waals surface area contributed by atoms with Crippen LogP contribution in [0.2, 0.25) is 10.0 Å². The van der Waals surface area contributed by atoms with Crippen LogP contribution in [0.5, 0.6) is 5.75 Å². The van der Waals surface area contributed by atoms with Gasteiger partial charge in [0.25, 0.3) is 0 Å². The first-order valence-corrected chi connectivity index (χ1v) is 8.11. The Morgan fingerprint density at radius 1 is 1.35 bits per heavy atom. The van der Waals surface area contributed by atoms with Crippen LogP contribution < -0.4 is 15.9 Å². The van der Waals surface area contributed by atoms with Gasteiger partial charge in [-0.3, -0.25) is 4.79 Å². The van der Waals surface area contributed by atoms with Crippen LogP contribution in [0.15, 0.2) is 44.9 Å². The molecule has 1 aliphatic rings. The third-order valence-corrected chi connectivity index (χ3v) is 4.41. The van der Waals surface area contributed by atoms with Gasteiger partial charge in [-0.25, -0.2) is 4.79 Å². The molecule has 2 heterocycles.